The topological polar surface area (TPSA) is 67.4 Å². The van der Waals surface area contributed by atoms with Crippen molar-refractivity contribution in [2.45, 2.75) is 39.2 Å². The highest BCUT2D eigenvalue weighted by atomic mass is 19.1. The van der Waals surface area contributed by atoms with Crippen molar-refractivity contribution in [2.75, 3.05) is 11.9 Å². The zero-order chi connectivity index (χ0) is 19.9. The van der Waals surface area contributed by atoms with Crippen LogP contribution in [0.5, 0.6) is 5.75 Å². The maximum atomic E-state index is 13.0. The van der Waals surface area contributed by atoms with E-state index in [9.17, 15) is 14.0 Å². The van der Waals surface area contributed by atoms with Crippen LogP contribution in [0.2, 0.25) is 0 Å². The Hall–Kier alpha value is -2.89. The first-order valence-corrected chi connectivity index (χ1v) is 9.63. The largest absolute Gasteiger partial charge is 0.492 e. The minimum absolute atomic E-state index is 0.00730. The molecule has 1 aliphatic heterocycles. The molecule has 6 heteroatoms. The van der Waals surface area contributed by atoms with Gasteiger partial charge >= 0.3 is 0 Å². The average Bonchev–Trinajstić information content (AvgIpc) is 2.71. The van der Waals surface area contributed by atoms with E-state index in [0.717, 1.165) is 35.4 Å². The second-order valence-electron chi connectivity index (χ2n) is 7.03. The van der Waals surface area contributed by atoms with Gasteiger partial charge in [0.25, 0.3) is 0 Å². The van der Waals surface area contributed by atoms with Crippen molar-refractivity contribution >= 4 is 17.5 Å². The van der Waals surface area contributed by atoms with Gasteiger partial charge in [0.15, 0.2) is 0 Å². The van der Waals surface area contributed by atoms with Gasteiger partial charge in [0.2, 0.25) is 11.8 Å². The van der Waals surface area contributed by atoms with Gasteiger partial charge < -0.3 is 15.4 Å². The third-order valence-electron chi connectivity index (χ3n) is 4.76. The third-order valence-corrected chi connectivity index (χ3v) is 4.76. The maximum Gasteiger partial charge on any atom is 0.227 e. The van der Waals surface area contributed by atoms with Crippen LogP contribution < -0.4 is 15.4 Å². The molecule has 0 aromatic heterocycles. The summed E-state index contributed by atoms with van der Waals surface area (Å²) in [6.07, 6.45) is 2.87. The molecule has 0 radical (unpaired) electrons. The lowest BCUT2D eigenvalue weighted by Gasteiger charge is -2.25. The summed E-state index contributed by atoms with van der Waals surface area (Å²) in [6, 6.07) is 11.6. The van der Waals surface area contributed by atoms with Gasteiger partial charge in [-0.1, -0.05) is 25.5 Å². The van der Waals surface area contributed by atoms with Crippen molar-refractivity contribution < 1.29 is 18.7 Å². The number of anilines is 1. The van der Waals surface area contributed by atoms with Crippen LogP contribution in [0.4, 0.5) is 10.1 Å². The van der Waals surface area contributed by atoms with E-state index in [4.69, 9.17) is 4.74 Å². The molecule has 148 valence electrons. The Labute approximate surface area is 164 Å². The lowest BCUT2D eigenvalue weighted by atomic mass is 9.95. The maximum absolute atomic E-state index is 13.0. The molecular formula is C22H25FN2O3. The quantitative estimate of drug-likeness (QED) is 0.763. The molecule has 0 aliphatic carbocycles. The number of amides is 2. The van der Waals surface area contributed by atoms with Crippen molar-refractivity contribution in [3.8, 4) is 5.75 Å². The highest BCUT2D eigenvalue weighted by molar-refractivity contribution is 5.91. The fourth-order valence-electron chi connectivity index (χ4n) is 3.14. The van der Waals surface area contributed by atoms with E-state index in [2.05, 4.69) is 10.6 Å². The Kier molecular flexibility index (Phi) is 6.63. The molecule has 0 saturated heterocycles. The lowest BCUT2D eigenvalue weighted by molar-refractivity contribution is -0.126. The van der Waals surface area contributed by atoms with E-state index in [1.165, 1.54) is 12.1 Å². The summed E-state index contributed by atoms with van der Waals surface area (Å²) < 4.78 is 18.7. The van der Waals surface area contributed by atoms with Gasteiger partial charge in [0.05, 0.1) is 5.92 Å². The number of hydrogen-bond acceptors (Lipinski definition) is 3. The zero-order valence-electron chi connectivity index (χ0n) is 16.0. The zero-order valence-corrected chi connectivity index (χ0v) is 16.0. The minimum Gasteiger partial charge on any atom is -0.492 e. The highest BCUT2D eigenvalue weighted by Crippen LogP contribution is 2.30. The second kappa shape index (κ2) is 9.35. The van der Waals surface area contributed by atoms with Crippen molar-refractivity contribution in [1.29, 1.82) is 0 Å². The van der Waals surface area contributed by atoms with E-state index in [-0.39, 0.29) is 23.5 Å². The molecular weight excluding hydrogens is 359 g/mol. The molecule has 3 rings (SSSR count). The first-order valence-electron chi connectivity index (χ1n) is 9.63. The molecule has 1 atom stereocenters. The third kappa shape index (κ3) is 5.31. The molecule has 28 heavy (non-hydrogen) atoms. The summed E-state index contributed by atoms with van der Waals surface area (Å²) in [4.78, 5) is 24.4. The van der Waals surface area contributed by atoms with E-state index < -0.39 is 0 Å². The number of benzene rings is 2. The molecule has 0 fully saturated rings. The number of halogens is 1. The van der Waals surface area contributed by atoms with Crippen LogP contribution in [-0.2, 0) is 22.6 Å². The summed E-state index contributed by atoms with van der Waals surface area (Å²) >= 11 is 0. The van der Waals surface area contributed by atoms with Gasteiger partial charge in [-0.2, -0.15) is 0 Å². The normalized spacial score (nSPS) is 15.3. The molecule has 0 saturated carbocycles. The predicted molar refractivity (Wildman–Crippen MR) is 106 cm³/mol. The summed E-state index contributed by atoms with van der Waals surface area (Å²) in [5.41, 5.74) is 2.46. The predicted octanol–water partition coefficient (Wildman–Crippen LogP) is 3.82. The molecule has 0 unspecified atom stereocenters. The van der Waals surface area contributed by atoms with Crippen LogP contribution in [-0.4, -0.2) is 18.4 Å². The van der Waals surface area contributed by atoms with Crippen LogP contribution in [0.15, 0.2) is 42.5 Å². The molecule has 0 spiro atoms. The molecule has 0 bridgehead atoms. The lowest BCUT2D eigenvalue weighted by Crippen LogP contribution is -2.37. The number of carbonyl (C=O) groups is 2. The molecule has 2 amide bonds. The van der Waals surface area contributed by atoms with Crippen LogP contribution in [0.3, 0.4) is 0 Å². The SMILES string of the molecule is CCCCC(=O)Nc1ccc2c(c1)C[C@@H](C(=O)NCc1ccc(F)cc1)CO2. The number of ether oxygens (including phenoxy) is 1. The monoisotopic (exact) mass is 384 g/mol. The summed E-state index contributed by atoms with van der Waals surface area (Å²) in [5, 5.41) is 5.77. The first kappa shape index (κ1) is 19.9. The Morgan fingerprint density at radius 3 is 2.71 bits per heavy atom. The smallest absolute Gasteiger partial charge is 0.227 e. The fraction of sp³-hybridized carbons (Fsp3) is 0.364. The Balaban J connectivity index is 1.57. The number of carbonyl (C=O) groups excluding carboxylic acids is 2. The van der Waals surface area contributed by atoms with E-state index in [1.54, 1.807) is 12.1 Å². The molecule has 5 nitrogen and oxygen atoms in total. The van der Waals surface area contributed by atoms with Gasteiger partial charge in [-0.05, 0) is 54.3 Å². The summed E-state index contributed by atoms with van der Waals surface area (Å²) in [6.45, 7) is 2.70. The van der Waals surface area contributed by atoms with E-state index in [1.807, 2.05) is 25.1 Å². The van der Waals surface area contributed by atoms with E-state index >= 15 is 0 Å². The fourth-order valence-corrected chi connectivity index (χ4v) is 3.14. The van der Waals surface area contributed by atoms with Gasteiger partial charge in [-0.15, -0.1) is 0 Å². The standard InChI is InChI=1S/C22H25FN2O3/c1-2-3-4-21(26)25-19-9-10-20-16(12-19)11-17(14-28-20)22(27)24-13-15-5-7-18(23)8-6-15/h5-10,12,17H,2-4,11,13-14H2,1H3,(H,24,27)(H,25,26)/t17-/m1/s1. The van der Waals surface area contributed by atoms with Gasteiger partial charge in [-0.25, -0.2) is 4.39 Å². The minimum atomic E-state index is -0.306. The van der Waals surface area contributed by atoms with Crippen molar-refractivity contribution in [3.63, 3.8) is 0 Å². The Morgan fingerprint density at radius 1 is 1.18 bits per heavy atom. The number of rotatable bonds is 7. The van der Waals surface area contributed by atoms with Crippen molar-refractivity contribution in [3.05, 3.63) is 59.4 Å². The second-order valence-corrected chi connectivity index (χ2v) is 7.03. The van der Waals surface area contributed by atoms with Crippen LogP contribution >= 0.6 is 0 Å². The van der Waals surface area contributed by atoms with Crippen molar-refractivity contribution in [2.24, 2.45) is 5.92 Å². The van der Waals surface area contributed by atoms with Crippen LogP contribution in [0, 0.1) is 11.7 Å². The molecule has 1 heterocycles. The Morgan fingerprint density at radius 2 is 1.96 bits per heavy atom. The molecule has 1 aliphatic rings. The summed E-state index contributed by atoms with van der Waals surface area (Å²) in [5.74, 6) is 0.0255. The summed E-state index contributed by atoms with van der Waals surface area (Å²) in [7, 11) is 0. The van der Waals surface area contributed by atoms with Crippen molar-refractivity contribution in [1.82, 2.24) is 5.32 Å². The number of hydrogen-bond donors (Lipinski definition) is 2. The number of fused-ring (bicyclic) bond motifs is 1. The van der Waals surface area contributed by atoms with E-state index in [0.29, 0.717) is 26.0 Å². The van der Waals surface area contributed by atoms with Crippen LogP contribution in [0.1, 0.15) is 37.3 Å². The Bertz CT molecular complexity index is 836. The highest BCUT2D eigenvalue weighted by Gasteiger charge is 2.26. The molecule has 2 aromatic carbocycles. The molecule has 2 aromatic rings. The molecule has 2 N–H and O–H groups in total. The first-order chi connectivity index (χ1) is 13.5. The van der Waals surface area contributed by atoms with Crippen LogP contribution in [0.25, 0.3) is 0 Å². The van der Waals surface area contributed by atoms with Gasteiger partial charge in [0, 0.05) is 18.7 Å². The number of unbranched alkanes of at least 4 members (excludes halogenated alkanes) is 1. The van der Waals surface area contributed by atoms with Gasteiger partial charge in [0.1, 0.15) is 18.2 Å². The van der Waals surface area contributed by atoms with Gasteiger partial charge in [-0.3, -0.25) is 9.59 Å². The average molecular weight is 384 g/mol. The number of nitrogens with one attached hydrogen (secondary N) is 2.